The largest absolute Gasteiger partial charge is 0.573 e. The Morgan fingerprint density at radius 1 is 1.13 bits per heavy atom. The highest BCUT2D eigenvalue weighted by Gasteiger charge is 2.31. The van der Waals surface area contributed by atoms with E-state index in [4.69, 9.17) is 5.73 Å². The fourth-order valence-electron chi connectivity index (χ4n) is 2.33. The molecule has 3 rings (SSSR count). The van der Waals surface area contributed by atoms with Gasteiger partial charge in [-0.2, -0.15) is 5.10 Å². The first-order chi connectivity index (χ1) is 10.8. The van der Waals surface area contributed by atoms with E-state index in [9.17, 15) is 18.0 Å². The van der Waals surface area contributed by atoms with Gasteiger partial charge in [-0.25, -0.2) is 0 Å². The molecule has 0 saturated heterocycles. The Balaban J connectivity index is 2.07. The van der Waals surface area contributed by atoms with Crippen molar-refractivity contribution in [1.29, 1.82) is 0 Å². The molecule has 0 aliphatic carbocycles. The number of benzene rings is 2. The summed E-state index contributed by atoms with van der Waals surface area (Å²) in [6, 6.07) is 10.5. The summed E-state index contributed by atoms with van der Waals surface area (Å²) in [5.74, 6) is -1.02. The summed E-state index contributed by atoms with van der Waals surface area (Å²) in [4.78, 5) is 11.5. The lowest BCUT2D eigenvalue weighted by Gasteiger charge is -2.10. The number of hydrogen-bond donors (Lipinski definition) is 2. The summed E-state index contributed by atoms with van der Waals surface area (Å²) < 4.78 is 40.4. The van der Waals surface area contributed by atoms with Crippen LogP contribution in [0.1, 0.15) is 10.5 Å². The van der Waals surface area contributed by atoms with Crippen LogP contribution in [0.4, 0.5) is 13.2 Å². The van der Waals surface area contributed by atoms with Crippen molar-refractivity contribution in [3.8, 4) is 16.9 Å². The van der Waals surface area contributed by atoms with Crippen molar-refractivity contribution in [3.63, 3.8) is 0 Å². The fourth-order valence-corrected chi connectivity index (χ4v) is 2.33. The molecule has 0 radical (unpaired) electrons. The first kappa shape index (κ1) is 14.9. The Hall–Kier alpha value is -3.03. The minimum Gasteiger partial charge on any atom is -0.406 e. The summed E-state index contributed by atoms with van der Waals surface area (Å²) in [6.07, 6.45) is -4.74. The van der Waals surface area contributed by atoms with E-state index in [2.05, 4.69) is 14.9 Å². The predicted molar refractivity (Wildman–Crippen MR) is 76.7 cm³/mol. The maximum Gasteiger partial charge on any atom is 0.573 e. The van der Waals surface area contributed by atoms with Gasteiger partial charge in [0.25, 0.3) is 5.91 Å². The van der Waals surface area contributed by atoms with Crippen LogP contribution in [0.5, 0.6) is 5.75 Å². The van der Waals surface area contributed by atoms with Crippen LogP contribution in [0.3, 0.4) is 0 Å². The molecule has 0 saturated carbocycles. The van der Waals surface area contributed by atoms with Gasteiger partial charge in [-0.1, -0.05) is 24.3 Å². The van der Waals surface area contributed by atoms with Gasteiger partial charge in [0, 0.05) is 5.39 Å². The molecule has 118 valence electrons. The predicted octanol–water partition coefficient (Wildman–Crippen LogP) is 3.23. The zero-order chi connectivity index (χ0) is 16.6. The zero-order valence-electron chi connectivity index (χ0n) is 11.5. The quantitative estimate of drug-likeness (QED) is 0.777. The Morgan fingerprint density at radius 2 is 1.83 bits per heavy atom. The third-order valence-electron chi connectivity index (χ3n) is 3.22. The van der Waals surface area contributed by atoms with Crippen LogP contribution in [0.15, 0.2) is 42.5 Å². The number of amides is 1. The molecule has 0 spiro atoms. The lowest BCUT2D eigenvalue weighted by atomic mass is 10.00. The second kappa shape index (κ2) is 5.31. The molecule has 0 bridgehead atoms. The maximum atomic E-state index is 12.2. The number of nitrogens with zero attached hydrogens (tertiary/aromatic N) is 1. The molecule has 2 aromatic carbocycles. The summed E-state index contributed by atoms with van der Waals surface area (Å²) in [7, 11) is 0. The number of alkyl halides is 3. The fraction of sp³-hybridized carbons (Fsp3) is 0.0667. The van der Waals surface area contributed by atoms with Gasteiger partial charge in [-0.15, -0.1) is 13.2 Å². The number of aromatic amines is 1. The highest BCUT2D eigenvalue weighted by Crippen LogP contribution is 2.32. The van der Waals surface area contributed by atoms with Gasteiger partial charge >= 0.3 is 6.36 Å². The van der Waals surface area contributed by atoms with E-state index in [1.54, 1.807) is 18.2 Å². The standard InChI is InChI=1S/C15H10F3N3O2/c16-15(17,18)23-9-6-4-8(5-7-9)10-2-1-3-11-12(10)13(14(19)22)21-20-11/h1-7H,(H2,19,22)(H,20,21). The number of H-pyrrole nitrogens is 1. The number of ether oxygens (including phenoxy) is 1. The topological polar surface area (TPSA) is 81.0 Å². The van der Waals surface area contributed by atoms with Crippen LogP contribution in [-0.4, -0.2) is 22.5 Å². The second-order valence-electron chi connectivity index (χ2n) is 4.74. The average Bonchev–Trinajstić information content (AvgIpc) is 2.90. The maximum absolute atomic E-state index is 12.2. The molecule has 3 aromatic rings. The number of hydrogen-bond acceptors (Lipinski definition) is 3. The van der Waals surface area contributed by atoms with Crippen LogP contribution in [-0.2, 0) is 0 Å². The summed E-state index contributed by atoms with van der Waals surface area (Å²) >= 11 is 0. The van der Waals surface area contributed by atoms with Gasteiger partial charge in [0.05, 0.1) is 5.52 Å². The molecule has 1 amide bonds. The number of rotatable bonds is 3. The molecule has 1 aromatic heterocycles. The molecule has 1 heterocycles. The van der Waals surface area contributed by atoms with Crippen molar-refractivity contribution in [1.82, 2.24) is 10.2 Å². The first-order valence-electron chi connectivity index (χ1n) is 6.48. The van der Waals surface area contributed by atoms with E-state index < -0.39 is 12.3 Å². The molecular formula is C15H10F3N3O2. The molecular weight excluding hydrogens is 311 g/mol. The van der Waals surface area contributed by atoms with Crippen molar-refractivity contribution in [3.05, 3.63) is 48.2 Å². The van der Waals surface area contributed by atoms with E-state index in [-0.39, 0.29) is 11.4 Å². The Labute approximate surface area is 127 Å². The molecule has 0 fully saturated rings. The zero-order valence-corrected chi connectivity index (χ0v) is 11.5. The highest BCUT2D eigenvalue weighted by molar-refractivity contribution is 6.09. The van der Waals surface area contributed by atoms with Crippen molar-refractivity contribution < 1.29 is 22.7 Å². The van der Waals surface area contributed by atoms with Crippen LogP contribution >= 0.6 is 0 Å². The molecule has 0 unspecified atom stereocenters. The van der Waals surface area contributed by atoms with Crippen LogP contribution in [0, 0.1) is 0 Å². The molecule has 5 nitrogen and oxygen atoms in total. The number of halogens is 3. The monoisotopic (exact) mass is 321 g/mol. The highest BCUT2D eigenvalue weighted by atomic mass is 19.4. The Kier molecular flexibility index (Phi) is 3.44. The smallest absolute Gasteiger partial charge is 0.406 e. The van der Waals surface area contributed by atoms with Gasteiger partial charge in [-0.3, -0.25) is 9.89 Å². The minimum atomic E-state index is -4.74. The van der Waals surface area contributed by atoms with Gasteiger partial charge in [0.2, 0.25) is 0 Å². The number of aromatic nitrogens is 2. The molecule has 3 N–H and O–H groups in total. The molecule has 0 atom stereocenters. The van der Waals surface area contributed by atoms with E-state index >= 15 is 0 Å². The van der Waals surface area contributed by atoms with Crippen LogP contribution in [0.25, 0.3) is 22.0 Å². The third kappa shape index (κ3) is 2.96. The summed E-state index contributed by atoms with van der Waals surface area (Å²) in [5, 5.41) is 7.09. The van der Waals surface area contributed by atoms with Crippen molar-refractivity contribution in [2.24, 2.45) is 5.73 Å². The molecule has 0 aliphatic heterocycles. The van der Waals surface area contributed by atoms with Crippen molar-refractivity contribution >= 4 is 16.8 Å². The average molecular weight is 321 g/mol. The normalized spacial score (nSPS) is 11.6. The second-order valence-corrected chi connectivity index (χ2v) is 4.74. The van der Waals surface area contributed by atoms with Gasteiger partial charge in [0.15, 0.2) is 5.69 Å². The lowest BCUT2D eigenvalue weighted by molar-refractivity contribution is -0.274. The van der Waals surface area contributed by atoms with Gasteiger partial charge in [-0.05, 0) is 29.3 Å². The van der Waals surface area contributed by atoms with Crippen LogP contribution in [0.2, 0.25) is 0 Å². The van der Waals surface area contributed by atoms with Crippen LogP contribution < -0.4 is 10.5 Å². The van der Waals surface area contributed by atoms with Gasteiger partial charge < -0.3 is 10.5 Å². The molecule has 0 aliphatic rings. The van der Waals surface area contributed by atoms with Crippen molar-refractivity contribution in [2.45, 2.75) is 6.36 Å². The molecule has 23 heavy (non-hydrogen) atoms. The SMILES string of the molecule is NC(=O)c1n[nH]c2cccc(-c3ccc(OC(F)(F)F)cc3)c12. The van der Waals surface area contributed by atoms with E-state index in [1.807, 2.05) is 0 Å². The number of nitrogens with two attached hydrogens (primary N) is 1. The Bertz CT molecular complexity index is 870. The number of carbonyl (C=O) groups is 1. The van der Waals surface area contributed by atoms with E-state index in [1.165, 1.54) is 24.3 Å². The number of nitrogens with one attached hydrogen (secondary N) is 1. The van der Waals surface area contributed by atoms with E-state index in [0.717, 1.165) is 0 Å². The van der Waals surface area contributed by atoms with Crippen molar-refractivity contribution in [2.75, 3.05) is 0 Å². The number of primary amides is 1. The Morgan fingerprint density at radius 3 is 2.43 bits per heavy atom. The summed E-state index contributed by atoms with van der Waals surface area (Å²) in [5.41, 5.74) is 7.21. The lowest BCUT2D eigenvalue weighted by Crippen LogP contribution is -2.16. The number of carbonyl (C=O) groups excluding carboxylic acids is 1. The van der Waals surface area contributed by atoms with Gasteiger partial charge in [0.1, 0.15) is 5.75 Å². The first-order valence-corrected chi connectivity index (χ1v) is 6.48. The minimum absolute atomic E-state index is 0.0752. The third-order valence-corrected chi connectivity index (χ3v) is 3.22. The number of fused-ring (bicyclic) bond motifs is 1. The summed E-state index contributed by atoms with van der Waals surface area (Å²) in [6.45, 7) is 0. The van der Waals surface area contributed by atoms with E-state index in [0.29, 0.717) is 22.0 Å². The molecule has 8 heteroatoms.